The van der Waals surface area contributed by atoms with E-state index in [4.69, 9.17) is 4.74 Å². The van der Waals surface area contributed by atoms with E-state index in [0.717, 1.165) is 11.4 Å². The summed E-state index contributed by atoms with van der Waals surface area (Å²) in [7, 11) is 0. The highest BCUT2D eigenvalue weighted by Gasteiger charge is 2.32. The van der Waals surface area contributed by atoms with E-state index < -0.39 is 6.10 Å². The molecule has 0 saturated heterocycles. The van der Waals surface area contributed by atoms with Crippen molar-refractivity contribution in [2.45, 2.75) is 32.9 Å². The van der Waals surface area contributed by atoms with Crippen LogP contribution in [0, 0.1) is 0 Å². The summed E-state index contributed by atoms with van der Waals surface area (Å²) in [6.07, 6.45) is 2.92. The van der Waals surface area contributed by atoms with Gasteiger partial charge in [0.1, 0.15) is 11.4 Å². The molecule has 0 saturated carbocycles. The van der Waals surface area contributed by atoms with Gasteiger partial charge in [-0.05, 0) is 20.8 Å². The Morgan fingerprint density at radius 1 is 1.53 bits per heavy atom. The molecule has 1 unspecified atom stereocenters. The third-order valence-corrected chi connectivity index (χ3v) is 2.43. The zero-order valence-corrected chi connectivity index (χ0v) is 9.10. The lowest BCUT2D eigenvalue weighted by Crippen LogP contribution is -2.47. The van der Waals surface area contributed by atoms with Crippen molar-refractivity contribution >= 4 is 11.6 Å². The van der Waals surface area contributed by atoms with Crippen molar-refractivity contribution in [1.29, 1.82) is 0 Å². The standard InChI is InChI=1S/C11H14N2O2/c1-7(2)13-9-6-12-5-4-10(9)15-8(3)11(13)14/h4-8H,1-3H3. The third kappa shape index (κ3) is 1.56. The molecular formula is C11H14N2O2. The summed E-state index contributed by atoms with van der Waals surface area (Å²) in [4.78, 5) is 17.7. The number of carbonyl (C=O) groups is 1. The second-order valence-corrected chi connectivity index (χ2v) is 3.91. The minimum Gasteiger partial charge on any atom is -0.479 e. The summed E-state index contributed by atoms with van der Waals surface area (Å²) in [6, 6.07) is 1.90. The topological polar surface area (TPSA) is 42.4 Å². The summed E-state index contributed by atoms with van der Waals surface area (Å²) in [5.74, 6) is 0.719. The maximum atomic E-state index is 11.9. The Morgan fingerprint density at radius 3 is 2.93 bits per heavy atom. The van der Waals surface area contributed by atoms with Crippen molar-refractivity contribution < 1.29 is 9.53 Å². The fourth-order valence-electron chi connectivity index (χ4n) is 1.74. The normalized spacial score (nSPS) is 20.1. The van der Waals surface area contributed by atoms with Crippen molar-refractivity contribution in [3.63, 3.8) is 0 Å². The number of rotatable bonds is 1. The van der Waals surface area contributed by atoms with E-state index in [1.807, 2.05) is 13.8 Å². The molecule has 2 rings (SSSR count). The first kappa shape index (κ1) is 9.96. The molecule has 0 fully saturated rings. The molecular weight excluding hydrogens is 192 g/mol. The Kier molecular flexibility index (Phi) is 2.34. The van der Waals surface area contributed by atoms with Gasteiger partial charge in [-0.15, -0.1) is 0 Å². The zero-order valence-electron chi connectivity index (χ0n) is 9.10. The molecule has 1 atom stereocenters. The monoisotopic (exact) mass is 206 g/mol. The number of ether oxygens (including phenoxy) is 1. The second-order valence-electron chi connectivity index (χ2n) is 3.91. The smallest absolute Gasteiger partial charge is 0.268 e. The molecule has 0 spiro atoms. The molecule has 0 N–H and O–H groups in total. The predicted molar refractivity (Wildman–Crippen MR) is 56.9 cm³/mol. The van der Waals surface area contributed by atoms with Gasteiger partial charge in [-0.2, -0.15) is 0 Å². The average Bonchev–Trinajstić information content (AvgIpc) is 2.19. The highest BCUT2D eigenvalue weighted by molar-refractivity contribution is 5.99. The molecule has 4 nitrogen and oxygen atoms in total. The number of fused-ring (bicyclic) bond motifs is 1. The minimum atomic E-state index is -0.415. The lowest BCUT2D eigenvalue weighted by Gasteiger charge is -2.35. The van der Waals surface area contributed by atoms with E-state index in [1.165, 1.54) is 0 Å². The fraction of sp³-hybridized carbons (Fsp3) is 0.455. The molecule has 0 aliphatic carbocycles. The van der Waals surface area contributed by atoms with Gasteiger partial charge in [0.15, 0.2) is 6.10 Å². The molecule has 2 heterocycles. The highest BCUT2D eigenvalue weighted by atomic mass is 16.5. The summed E-state index contributed by atoms with van der Waals surface area (Å²) < 4.78 is 5.49. The van der Waals surface area contributed by atoms with Crippen LogP contribution < -0.4 is 9.64 Å². The van der Waals surface area contributed by atoms with E-state index in [2.05, 4.69) is 4.98 Å². The predicted octanol–water partition coefficient (Wildman–Crippen LogP) is 1.60. The number of anilines is 1. The SMILES string of the molecule is CC1Oc2ccncc2N(C(C)C)C1=O. The van der Waals surface area contributed by atoms with Gasteiger partial charge in [-0.25, -0.2) is 0 Å². The Bertz CT molecular complexity index is 390. The highest BCUT2D eigenvalue weighted by Crippen LogP contribution is 2.33. The first-order chi connectivity index (χ1) is 7.11. The molecule has 0 aromatic carbocycles. The van der Waals surface area contributed by atoms with Gasteiger partial charge in [-0.1, -0.05) is 0 Å². The quantitative estimate of drug-likeness (QED) is 0.701. The van der Waals surface area contributed by atoms with Crippen LogP contribution in [-0.4, -0.2) is 23.0 Å². The molecule has 4 heteroatoms. The zero-order chi connectivity index (χ0) is 11.0. The van der Waals surface area contributed by atoms with Crippen LogP contribution in [0.2, 0.25) is 0 Å². The van der Waals surface area contributed by atoms with Crippen molar-refractivity contribution in [1.82, 2.24) is 4.98 Å². The molecule has 1 aliphatic heterocycles. The molecule has 0 bridgehead atoms. The van der Waals surface area contributed by atoms with Gasteiger partial charge in [0.2, 0.25) is 0 Å². The molecule has 80 valence electrons. The largest absolute Gasteiger partial charge is 0.479 e. The molecule has 0 radical (unpaired) electrons. The minimum absolute atomic E-state index is 0.00880. The van der Waals surface area contributed by atoms with E-state index in [9.17, 15) is 4.79 Å². The first-order valence-corrected chi connectivity index (χ1v) is 5.05. The Labute approximate surface area is 88.9 Å². The van der Waals surface area contributed by atoms with Crippen LogP contribution in [0.1, 0.15) is 20.8 Å². The molecule has 1 amide bonds. The van der Waals surface area contributed by atoms with Crippen LogP contribution in [0.4, 0.5) is 5.69 Å². The van der Waals surface area contributed by atoms with Crippen molar-refractivity contribution in [3.8, 4) is 5.75 Å². The fourth-order valence-corrected chi connectivity index (χ4v) is 1.74. The Balaban J connectivity index is 2.49. The maximum Gasteiger partial charge on any atom is 0.268 e. The molecule has 1 aliphatic rings. The van der Waals surface area contributed by atoms with Crippen molar-refractivity contribution in [2.75, 3.05) is 4.90 Å². The number of amides is 1. The molecule has 1 aromatic heterocycles. The van der Waals surface area contributed by atoms with Crippen LogP contribution in [0.3, 0.4) is 0 Å². The summed E-state index contributed by atoms with van der Waals surface area (Å²) >= 11 is 0. The summed E-state index contributed by atoms with van der Waals surface area (Å²) in [5.41, 5.74) is 0.760. The number of aromatic nitrogens is 1. The number of hydrogen-bond donors (Lipinski definition) is 0. The van der Waals surface area contributed by atoms with Gasteiger partial charge in [0, 0.05) is 18.3 Å². The van der Waals surface area contributed by atoms with Crippen molar-refractivity contribution in [2.24, 2.45) is 0 Å². The Hall–Kier alpha value is -1.58. The molecule has 15 heavy (non-hydrogen) atoms. The van der Waals surface area contributed by atoms with Gasteiger partial charge < -0.3 is 9.64 Å². The van der Waals surface area contributed by atoms with Gasteiger partial charge >= 0.3 is 0 Å². The first-order valence-electron chi connectivity index (χ1n) is 5.05. The van der Waals surface area contributed by atoms with Gasteiger partial charge in [-0.3, -0.25) is 9.78 Å². The maximum absolute atomic E-state index is 11.9. The van der Waals surface area contributed by atoms with Gasteiger partial charge in [0.05, 0.1) is 6.20 Å². The lowest BCUT2D eigenvalue weighted by molar-refractivity contribution is -0.125. The van der Waals surface area contributed by atoms with E-state index in [-0.39, 0.29) is 11.9 Å². The molecule has 1 aromatic rings. The van der Waals surface area contributed by atoms with Crippen LogP contribution in [0.15, 0.2) is 18.5 Å². The van der Waals surface area contributed by atoms with E-state index in [0.29, 0.717) is 0 Å². The number of carbonyl (C=O) groups excluding carboxylic acids is 1. The Morgan fingerprint density at radius 2 is 2.27 bits per heavy atom. The van der Waals surface area contributed by atoms with E-state index in [1.54, 1.807) is 30.3 Å². The van der Waals surface area contributed by atoms with Crippen LogP contribution >= 0.6 is 0 Å². The van der Waals surface area contributed by atoms with E-state index >= 15 is 0 Å². The van der Waals surface area contributed by atoms with Crippen LogP contribution in [-0.2, 0) is 4.79 Å². The number of hydrogen-bond acceptors (Lipinski definition) is 3. The number of nitrogens with zero attached hydrogens (tertiary/aromatic N) is 2. The summed E-state index contributed by atoms with van der Waals surface area (Å²) in [6.45, 7) is 5.72. The van der Waals surface area contributed by atoms with Crippen LogP contribution in [0.5, 0.6) is 5.75 Å². The van der Waals surface area contributed by atoms with Crippen molar-refractivity contribution in [3.05, 3.63) is 18.5 Å². The third-order valence-electron chi connectivity index (χ3n) is 2.43. The van der Waals surface area contributed by atoms with Gasteiger partial charge in [0.25, 0.3) is 5.91 Å². The lowest BCUT2D eigenvalue weighted by atomic mass is 10.2. The number of pyridine rings is 1. The second kappa shape index (κ2) is 3.53. The average molecular weight is 206 g/mol. The summed E-state index contributed by atoms with van der Waals surface area (Å²) in [5, 5.41) is 0. The van der Waals surface area contributed by atoms with Crippen LogP contribution in [0.25, 0.3) is 0 Å².